The van der Waals surface area contributed by atoms with Crippen molar-refractivity contribution < 1.29 is 9.90 Å². The van der Waals surface area contributed by atoms with Gasteiger partial charge in [-0.3, -0.25) is 0 Å². The van der Waals surface area contributed by atoms with Gasteiger partial charge in [0.2, 0.25) is 0 Å². The van der Waals surface area contributed by atoms with Crippen molar-refractivity contribution in [3.8, 4) is 0 Å². The topological polar surface area (TPSA) is 61.4 Å². The van der Waals surface area contributed by atoms with Gasteiger partial charge in [-0.2, -0.15) is 0 Å². The van der Waals surface area contributed by atoms with E-state index >= 15 is 0 Å². The molecule has 0 bridgehead atoms. The van der Waals surface area contributed by atoms with E-state index in [9.17, 15) is 4.79 Å². The fourth-order valence-electron chi connectivity index (χ4n) is 1.31. The van der Waals surface area contributed by atoms with E-state index in [4.69, 9.17) is 5.11 Å². The van der Waals surface area contributed by atoms with Gasteiger partial charge in [0.05, 0.1) is 0 Å². The average Bonchev–Trinajstić information content (AvgIpc) is 2.20. The van der Waals surface area contributed by atoms with Gasteiger partial charge in [-0.15, -0.1) is 0 Å². The Hall–Kier alpha value is -1.55. The highest BCUT2D eigenvalue weighted by Crippen LogP contribution is 2.09. The largest absolute Gasteiger partial charge is 0.396 e. The molecule has 1 aromatic carbocycles. The van der Waals surface area contributed by atoms with Crippen LogP contribution < -0.4 is 10.6 Å². The lowest BCUT2D eigenvalue weighted by Gasteiger charge is -2.10. The van der Waals surface area contributed by atoms with Crippen molar-refractivity contribution >= 4 is 11.7 Å². The monoisotopic (exact) mass is 222 g/mol. The molecule has 0 aliphatic rings. The molecule has 0 atom stereocenters. The normalized spacial score (nSPS) is 10.2. The fourth-order valence-corrected chi connectivity index (χ4v) is 1.31. The molecule has 0 unspecified atom stereocenters. The van der Waals surface area contributed by atoms with Gasteiger partial charge >= 0.3 is 6.03 Å². The molecule has 0 aliphatic carbocycles. The van der Waals surface area contributed by atoms with Gasteiger partial charge in [-0.1, -0.05) is 12.1 Å². The summed E-state index contributed by atoms with van der Waals surface area (Å²) in [4.78, 5) is 11.4. The number of urea groups is 1. The summed E-state index contributed by atoms with van der Waals surface area (Å²) >= 11 is 0. The van der Waals surface area contributed by atoms with Crippen molar-refractivity contribution in [2.75, 3.05) is 11.9 Å². The maximum absolute atomic E-state index is 11.4. The number of rotatable bonds is 4. The minimum absolute atomic E-state index is 0.119. The molecule has 3 N–H and O–H groups in total. The van der Waals surface area contributed by atoms with Gasteiger partial charge in [0, 0.05) is 18.3 Å². The Bertz CT molecular complexity index is 333. The van der Waals surface area contributed by atoms with E-state index in [1.165, 1.54) is 0 Å². The van der Waals surface area contributed by atoms with Crippen LogP contribution in [0.25, 0.3) is 0 Å². The van der Waals surface area contributed by atoms with Crippen molar-refractivity contribution in [3.63, 3.8) is 0 Å². The first-order valence-electron chi connectivity index (χ1n) is 5.39. The standard InChI is InChI=1S/C12H18N2O2/c1-9(2)13-12(16)14-11-5-3-10(4-6-11)7-8-15/h3-6,9,15H,7-8H2,1-2H3,(H2,13,14,16). The van der Waals surface area contributed by atoms with Gasteiger partial charge in [0.25, 0.3) is 0 Å². The maximum atomic E-state index is 11.4. The van der Waals surface area contributed by atoms with Crippen molar-refractivity contribution in [1.29, 1.82) is 0 Å². The van der Waals surface area contributed by atoms with E-state index in [1.54, 1.807) is 0 Å². The number of nitrogens with one attached hydrogen (secondary N) is 2. The highest BCUT2D eigenvalue weighted by atomic mass is 16.3. The Balaban J connectivity index is 2.51. The highest BCUT2D eigenvalue weighted by Gasteiger charge is 2.02. The van der Waals surface area contributed by atoms with Crippen LogP contribution in [0.15, 0.2) is 24.3 Å². The number of amides is 2. The molecule has 4 nitrogen and oxygen atoms in total. The summed E-state index contributed by atoms with van der Waals surface area (Å²) in [6.45, 7) is 3.95. The maximum Gasteiger partial charge on any atom is 0.319 e. The predicted molar refractivity (Wildman–Crippen MR) is 64.5 cm³/mol. The summed E-state index contributed by atoms with van der Waals surface area (Å²) in [5, 5.41) is 14.2. The third kappa shape index (κ3) is 4.31. The number of hydrogen-bond acceptors (Lipinski definition) is 2. The van der Waals surface area contributed by atoms with Crippen LogP contribution >= 0.6 is 0 Å². The third-order valence-corrected chi connectivity index (χ3v) is 2.03. The second-order valence-corrected chi connectivity index (χ2v) is 3.92. The Morgan fingerprint density at radius 3 is 2.44 bits per heavy atom. The molecule has 2 amide bonds. The molecule has 0 saturated carbocycles. The quantitative estimate of drug-likeness (QED) is 0.726. The van der Waals surface area contributed by atoms with Gasteiger partial charge in [0.15, 0.2) is 0 Å². The van der Waals surface area contributed by atoms with Crippen LogP contribution in [0.1, 0.15) is 19.4 Å². The summed E-state index contributed by atoms with van der Waals surface area (Å²) < 4.78 is 0. The molecular weight excluding hydrogens is 204 g/mol. The molecule has 88 valence electrons. The molecule has 0 radical (unpaired) electrons. The van der Waals surface area contributed by atoms with Crippen LogP contribution in [0, 0.1) is 0 Å². The van der Waals surface area contributed by atoms with E-state index in [0.717, 1.165) is 11.3 Å². The van der Waals surface area contributed by atoms with E-state index in [2.05, 4.69) is 10.6 Å². The van der Waals surface area contributed by atoms with E-state index < -0.39 is 0 Å². The number of carbonyl (C=O) groups is 1. The molecule has 0 heterocycles. The Labute approximate surface area is 95.7 Å². The zero-order chi connectivity index (χ0) is 12.0. The minimum Gasteiger partial charge on any atom is -0.396 e. The third-order valence-electron chi connectivity index (χ3n) is 2.03. The Morgan fingerprint density at radius 1 is 1.31 bits per heavy atom. The zero-order valence-electron chi connectivity index (χ0n) is 9.66. The summed E-state index contributed by atoms with van der Waals surface area (Å²) in [6.07, 6.45) is 0.637. The van der Waals surface area contributed by atoms with E-state index in [0.29, 0.717) is 6.42 Å². The molecule has 1 aromatic rings. The second kappa shape index (κ2) is 6.12. The van der Waals surface area contributed by atoms with Crippen LogP contribution in [-0.2, 0) is 6.42 Å². The van der Waals surface area contributed by atoms with E-state index in [1.807, 2.05) is 38.1 Å². The van der Waals surface area contributed by atoms with Gasteiger partial charge in [-0.25, -0.2) is 4.79 Å². The summed E-state index contributed by atoms with van der Waals surface area (Å²) in [5.41, 5.74) is 1.80. The Kier molecular flexibility index (Phi) is 4.79. The molecular formula is C12H18N2O2. The fraction of sp³-hybridized carbons (Fsp3) is 0.417. The molecule has 0 spiro atoms. The lowest BCUT2D eigenvalue weighted by molar-refractivity contribution is 0.250. The van der Waals surface area contributed by atoms with Crippen LogP contribution in [0.5, 0.6) is 0 Å². The lowest BCUT2D eigenvalue weighted by Crippen LogP contribution is -2.34. The van der Waals surface area contributed by atoms with Gasteiger partial charge in [0.1, 0.15) is 0 Å². The van der Waals surface area contributed by atoms with Crippen molar-refractivity contribution in [3.05, 3.63) is 29.8 Å². The first kappa shape index (κ1) is 12.5. The Morgan fingerprint density at radius 2 is 1.94 bits per heavy atom. The number of hydrogen-bond donors (Lipinski definition) is 3. The lowest BCUT2D eigenvalue weighted by atomic mass is 10.1. The summed E-state index contributed by atoms with van der Waals surface area (Å²) in [7, 11) is 0. The minimum atomic E-state index is -0.204. The summed E-state index contributed by atoms with van der Waals surface area (Å²) in [5.74, 6) is 0. The van der Waals surface area contributed by atoms with Crippen LogP contribution in [0.2, 0.25) is 0 Å². The molecule has 0 saturated heterocycles. The molecule has 4 heteroatoms. The molecule has 0 fully saturated rings. The first-order valence-corrected chi connectivity index (χ1v) is 5.39. The van der Waals surface area contributed by atoms with Gasteiger partial charge < -0.3 is 15.7 Å². The number of aliphatic hydroxyl groups excluding tert-OH is 1. The van der Waals surface area contributed by atoms with Crippen molar-refractivity contribution in [2.45, 2.75) is 26.3 Å². The first-order chi connectivity index (χ1) is 7.61. The highest BCUT2D eigenvalue weighted by molar-refractivity contribution is 5.89. The molecule has 16 heavy (non-hydrogen) atoms. The van der Waals surface area contributed by atoms with Gasteiger partial charge in [-0.05, 0) is 38.0 Å². The van der Waals surface area contributed by atoms with Crippen molar-refractivity contribution in [2.24, 2.45) is 0 Å². The zero-order valence-corrected chi connectivity index (χ0v) is 9.66. The van der Waals surface area contributed by atoms with Crippen LogP contribution in [0.4, 0.5) is 10.5 Å². The average molecular weight is 222 g/mol. The number of anilines is 1. The van der Waals surface area contributed by atoms with E-state index in [-0.39, 0.29) is 18.7 Å². The SMILES string of the molecule is CC(C)NC(=O)Nc1ccc(CCO)cc1. The van der Waals surface area contributed by atoms with Crippen molar-refractivity contribution in [1.82, 2.24) is 5.32 Å². The number of aliphatic hydroxyl groups is 1. The second-order valence-electron chi connectivity index (χ2n) is 3.92. The number of carbonyl (C=O) groups excluding carboxylic acids is 1. The molecule has 0 aromatic heterocycles. The van der Waals surface area contributed by atoms with Crippen LogP contribution in [-0.4, -0.2) is 23.8 Å². The smallest absolute Gasteiger partial charge is 0.319 e. The predicted octanol–water partition coefficient (Wildman–Crippen LogP) is 1.75. The summed E-state index contributed by atoms with van der Waals surface area (Å²) in [6, 6.07) is 7.34. The number of benzene rings is 1. The van der Waals surface area contributed by atoms with Crippen LogP contribution in [0.3, 0.4) is 0 Å². The molecule has 1 rings (SSSR count). The molecule has 0 aliphatic heterocycles.